The molecule has 1 atom stereocenters. The molecule has 6 heteroatoms. The SMILES string of the molecule is CCCOc1cccc(C(=O)N2CC(=O)NC(=O)C2C)c1. The minimum Gasteiger partial charge on any atom is -0.494 e. The predicted octanol–water partition coefficient (Wildman–Crippen LogP) is 0.962. The molecular formula is C15H18N2O4. The van der Waals surface area contributed by atoms with Crippen molar-refractivity contribution in [2.24, 2.45) is 0 Å². The third-order valence-corrected chi connectivity index (χ3v) is 3.24. The van der Waals surface area contributed by atoms with Gasteiger partial charge in [-0.3, -0.25) is 19.7 Å². The first-order chi connectivity index (χ1) is 10.0. The molecule has 1 heterocycles. The summed E-state index contributed by atoms with van der Waals surface area (Å²) < 4.78 is 5.49. The second kappa shape index (κ2) is 6.39. The fraction of sp³-hybridized carbons (Fsp3) is 0.400. The summed E-state index contributed by atoms with van der Waals surface area (Å²) in [6.07, 6.45) is 0.871. The number of carbonyl (C=O) groups excluding carboxylic acids is 3. The van der Waals surface area contributed by atoms with Gasteiger partial charge in [-0.05, 0) is 31.5 Å². The molecule has 1 N–H and O–H groups in total. The molecule has 0 bridgehead atoms. The highest BCUT2D eigenvalue weighted by atomic mass is 16.5. The Balaban J connectivity index is 2.18. The number of hydrogen-bond donors (Lipinski definition) is 1. The minimum absolute atomic E-state index is 0.119. The molecule has 0 aromatic heterocycles. The fourth-order valence-corrected chi connectivity index (χ4v) is 2.07. The Morgan fingerprint density at radius 2 is 2.19 bits per heavy atom. The number of nitrogens with zero attached hydrogens (tertiary/aromatic N) is 1. The quantitative estimate of drug-likeness (QED) is 0.838. The van der Waals surface area contributed by atoms with Gasteiger partial charge in [0, 0.05) is 5.56 Å². The molecule has 0 aliphatic carbocycles. The van der Waals surface area contributed by atoms with E-state index in [0.29, 0.717) is 17.9 Å². The zero-order valence-electron chi connectivity index (χ0n) is 12.1. The summed E-state index contributed by atoms with van der Waals surface area (Å²) >= 11 is 0. The van der Waals surface area contributed by atoms with E-state index in [1.165, 1.54) is 4.90 Å². The molecule has 112 valence electrons. The molecule has 2 rings (SSSR count). The number of piperazine rings is 1. The summed E-state index contributed by atoms with van der Waals surface area (Å²) in [7, 11) is 0. The standard InChI is InChI=1S/C15H18N2O4/c1-3-7-21-12-6-4-5-11(8-12)15(20)17-9-13(18)16-14(19)10(17)2/h4-6,8,10H,3,7,9H2,1-2H3,(H,16,18,19). The fourth-order valence-electron chi connectivity index (χ4n) is 2.07. The molecule has 6 nitrogen and oxygen atoms in total. The van der Waals surface area contributed by atoms with Crippen molar-refractivity contribution in [3.05, 3.63) is 29.8 Å². The van der Waals surface area contributed by atoms with Crippen molar-refractivity contribution in [3.63, 3.8) is 0 Å². The van der Waals surface area contributed by atoms with Crippen LogP contribution in [0.15, 0.2) is 24.3 Å². The molecule has 1 saturated heterocycles. The lowest BCUT2D eigenvalue weighted by Gasteiger charge is -2.31. The van der Waals surface area contributed by atoms with Gasteiger partial charge in [0.2, 0.25) is 11.8 Å². The third kappa shape index (κ3) is 3.39. The number of benzene rings is 1. The molecule has 3 amide bonds. The smallest absolute Gasteiger partial charge is 0.255 e. The van der Waals surface area contributed by atoms with Gasteiger partial charge in [0.25, 0.3) is 5.91 Å². The van der Waals surface area contributed by atoms with E-state index in [1.54, 1.807) is 31.2 Å². The molecule has 21 heavy (non-hydrogen) atoms. The molecule has 0 radical (unpaired) electrons. The van der Waals surface area contributed by atoms with Crippen LogP contribution < -0.4 is 10.1 Å². The van der Waals surface area contributed by atoms with Crippen molar-refractivity contribution < 1.29 is 19.1 Å². The highest BCUT2D eigenvalue weighted by molar-refractivity contribution is 6.07. The molecule has 1 fully saturated rings. The van der Waals surface area contributed by atoms with Gasteiger partial charge in [0.05, 0.1) is 6.61 Å². The monoisotopic (exact) mass is 290 g/mol. The number of carbonyl (C=O) groups is 3. The van der Waals surface area contributed by atoms with E-state index in [4.69, 9.17) is 4.74 Å². The van der Waals surface area contributed by atoms with E-state index < -0.39 is 17.9 Å². The summed E-state index contributed by atoms with van der Waals surface area (Å²) in [5, 5.41) is 2.21. The van der Waals surface area contributed by atoms with Crippen molar-refractivity contribution in [1.29, 1.82) is 0 Å². The molecular weight excluding hydrogens is 272 g/mol. The summed E-state index contributed by atoms with van der Waals surface area (Å²) in [4.78, 5) is 36.8. The van der Waals surface area contributed by atoms with E-state index in [2.05, 4.69) is 5.32 Å². The van der Waals surface area contributed by atoms with Crippen LogP contribution in [0, 0.1) is 0 Å². The number of nitrogens with one attached hydrogen (secondary N) is 1. The van der Waals surface area contributed by atoms with E-state index in [0.717, 1.165) is 6.42 Å². The Hall–Kier alpha value is -2.37. The van der Waals surface area contributed by atoms with Crippen LogP contribution in [-0.4, -0.2) is 41.8 Å². The molecule has 1 aliphatic heterocycles. The van der Waals surface area contributed by atoms with Gasteiger partial charge in [-0.15, -0.1) is 0 Å². The van der Waals surface area contributed by atoms with Gasteiger partial charge >= 0.3 is 0 Å². The molecule has 1 unspecified atom stereocenters. The largest absolute Gasteiger partial charge is 0.494 e. The molecule has 1 aromatic rings. The number of ether oxygens (including phenoxy) is 1. The highest BCUT2D eigenvalue weighted by Gasteiger charge is 2.33. The van der Waals surface area contributed by atoms with Crippen LogP contribution in [0.4, 0.5) is 0 Å². The Morgan fingerprint density at radius 3 is 2.90 bits per heavy atom. The zero-order valence-corrected chi connectivity index (χ0v) is 12.1. The average Bonchev–Trinajstić information content (AvgIpc) is 2.48. The Morgan fingerprint density at radius 1 is 1.43 bits per heavy atom. The summed E-state index contributed by atoms with van der Waals surface area (Å²) in [5.74, 6) is -0.682. The number of hydrogen-bond acceptors (Lipinski definition) is 4. The summed E-state index contributed by atoms with van der Waals surface area (Å²) in [6, 6.07) is 6.08. The van der Waals surface area contributed by atoms with E-state index >= 15 is 0 Å². The molecule has 0 spiro atoms. The van der Waals surface area contributed by atoms with Crippen LogP contribution in [0.2, 0.25) is 0 Å². The topological polar surface area (TPSA) is 75.7 Å². The maximum Gasteiger partial charge on any atom is 0.255 e. The van der Waals surface area contributed by atoms with Crippen LogP contribution >= 0.6 is 0 Å². The predicted molar refractivity (Wildman–Crippen MR) is 75.9 cm³/mol. The van der Waals surface area contributed by atoms with Gasteiger partial charge in [-0.25, -0.2) is 0 Å². The Labute approximate surface area is 123 Å². The van der Waals surface area contributed by atoms with Crippen LogP contribution in [0.3, 0.4) is 0 Å². The van der Waals surface area contributed by atoms with Crippen LogP contribution in [0.25, 0.3) is 0 Å². The maximum atomic E-state index is 12.5. The van der Waals surface area contributed by atoms with Crippen molar-refractivity contribution in [3.8, 4) is 5.75 Å². The third-order valence-electron chi connectivity index (χ3n) is 3.24. The second-order valence-electron chi connectivity index (χ2n) is 4.90. The van der Waals surface area contributed by atoms with E-state index in [9.17, 15) is 14.4 Å². The Kier molecular flexibility index (Phi) is 4.57. The van der Waals surface area contributed by atoms with Crippen LogP contribution in [0.1, 0.15) is 30.6 Å². The number of rotatable bonds is 4. The van der Waals surface area contributed by atoms with Crippen molar-refractivity contribution in [2.45, 2.75) is 26.3 Å². The average molecular weight is 290 g/mol. The van der Waals surface area contributed by atoms with Crippen LogP contribution in [-0.2, 0) is 9.59 Å². The first kappa shape index (κ1) is 15.0. The van der Waals surface area contributed by atoms with Crippen molar-refractivity contribution in [1.82, 2.24) is 10.2 Å². The van der Waals surface area contributed by atoms with E-state index in [1.807, 2.05) is 6.92 Å². The first-order valence-electron chi connectivity index (χ1n) is 6.90. The lowest BCUT2D eigenvalue weighted by Crippen LogP contribution is -2.58. The van der Waals surface area contributed by atoms with Crippen molar-refractivity contribution >= 4 is 17.7 Å². The molecule has 0 saturated carbocycles. The lowest BCUT2D eigenvalue weighted by molar-refractivity contribution is -0.138. The summed E-state index contributed by atoms with van der Waals surface area (Å²) in [5.41, 5.74) is 0.401. The van der Waals surface area contributed by atoms with Gasteiger partial charge in [0.1, 0.15) is 18.3 Å². The second-order valence-corrected chi connectivity index (χ2v) is 4.90. The van der Waals surface area contributed by atoms with Gasteiger partial charge in [-0.1, -0.05) is 13.0 Å². The zero-order chi connectivity index (χ0) is 15.4. The molecule has 1 aliphatic rings. The molecule has 1 aromatic carbocycles. The number of amides is 3. The maximum absolute atomic E-state index is 12.5. The highest BCUT2D eigenvalue weighted by Crippen LogP contribution is 2.17. The van der Waals surface area contributed by atoms with Crippen LogP contribution in [0.5, 0.6) is 5.75 Å². The van der Waals surface area contributed by atoms with Gasteiger partial charge in [-0.2, -0.15) is 0 Å². The van der Waals surface area contributed by atoms with Crippen molar-refractivity contribution in [2.75, 3.05) is 13.2 Å². The number of imide groups is 1. The summed E-state index contributed by atoms with van der Waals surface area (Å²) in [6.45, 7) is 4.04. The minimum atomic E-state index is -0.671. The van der Waals surface area contributed by atoms with E-state index in [-0.39, 0.29) is 12.5 Å². The van der Waals surface area contributed by atoms with Gasteiger partial charge < -0.3 is 9.64 Å². The normalized spacial score (nSPS) is 18.4. The Bertz CT molecular complexity index is 571. The van der Waals surface area contributed by atoms with Gasteiger partial charge in [0.15, 0.2) is 0 Å². The first-order valence-corrected chi connectivity index (χ1v) is 6.90. The lowest BCUT2D eigenvalue weighted by atomic mass is 10.1.